The highest BCUT2D eigenvalue weighted by molar-refractivity contribution is 9.10. The minimum absolute atomic E-state index is 0.287. The van der Waals surface area contributed by atoms with E-state index in [9.17, 15) is 9.59 Å². The van der Waals surface area contributed by atoms with Crippen LogP contribution in [0, 0.1) is 0 Å². The summed E-state index contributed by atoms with van der Waals surface area (Å²) in [7, 11) is 0. The summed E-state index contributed by atoms with van der Waals surface area (Å²) in [6.07, 6.45) is 6.36. The molecule has 3 aromatic rings. The number of nitrogens with one attached hydrogen (secondary N) is 2. The molecule has 3 rings (SSSR count). The van der Waals surface area contributed by atoms with Gasteiger partial charge in [-0.05, 0) is 59.7 Å². The van der Waals surface area contributed by atoms with Gasteiger partial charge in [-0.2, -0.15) is 0 Å². The Hall–Kier alpha value is -2.96. The van der Waals surface area contributed by atoms with Crippen molar-refractivity contribution in [1.82, 2.24) is 0 Å². The van der Waals surface area contributed by atoms with Crippen LogP contribution in [0.5, 0.6) is 0 Å². The van der Waals surface area contributed by atoms with Crippen LogP contribution in [0.2, 0.25) is 0 Å². The fraction of sp³-hybridized carbons (Fsp3) is 0. The molecule has 0 spiro atoms. The van der Waals surface area contributed by atoms with Crippen LogP contribution in [0.15, 0.2) is 93.9 Å². The van der Waals surface area contributed by atoms with Crippen molar-refractivity contribution in [2.24, 2.45) is 0 Å². The lowest BCUT2D eigenvalue weighted by Crippen LogP contribution is -2.13. The molecule has 150 valence electrons. The molecule has 2 amide bonds. The monoisotopic (exact) mass is 524 g/mol. The van der Waals surface area contributed by atoms with Gasteiger partial charge in [0.25, 0.3) is 0 Å². The molecule has 3 aromatic carbocycles. The molecule has 0 saturated carbocycles. The van der Waals surface area contributed by atoms with Gasteiger partial charge in [-0.25, -0.2) is 0 Å². The molecule has 0 heterocycles. The molecular formula is C24H18Br2N2O2. The third-order valence-corrected chi connectivity index (χ3v) is 5.09. The average molecular weight is 526 g/mol. The van der Waals surface area contributed by atoms with E-state index < -0.39 is 0 Å². The second-order valence-corrected chi connectivity index (χ2v) is 8.13. The molecule has 0 aromatic heterocycles. The Morgan fingerprint density at radius 3 is 1.33 bits per heavy atom. The Labute approximate surface area is 192 Å². The average Bonchev–Trinajstić information content (AvgIpc) is 2.74. The van der Waals surface area contributed by atoms with E-state index in [-0.39, 0.29) is 11.8 Å². The molecule has 0 saturated heterocycles. The van der Waals surface area contributed by atoms with Gasteiger partial charge >= 0.3 is 0 Å². The lowest BCUT2D eigenvalue weighted by molar-refractivity contribution is -0.112. The fourth-order valence-electron chi connectivity index (χ4n) is 2.54. The van der Waals surface area contributed by atoms with Gasteiger partial charge in [0.1, 0.15) is 0 Å². The molecule has 6 heteroatoms. The van der Waals surface area contributed by atoms with E-state index in [2.05, 4.69) is 42.5 Å². The van der Waals surface area contributed by atoms with Crippen molar-refractivity contribution in [3.05, 3.63) is 105 Å². The van der Waals surface area contributed by atoms with Gasteiger partial charge in [0, 0.05) is 21.1 Å². The van der Waals surface area contributed by atoms with Crippen LogP contribution >= 0.6 is 31.9 Å². The SMILES string of the molecule is O=C(/C=C/c1ccc(Br)cc1)Nc1ccccc1NC(=O)/C=C/c1ccc(Br)cc1. The van der Waals surface area contributed by atoms with Gasteiger partial charge in [-0.1, -0.05) is 68.3 Å². The molecule has 30 heavy (non-hydrogen) atoms. The molecule has 0 atom stereocenters. The number of hydrogen-bond acceptors (Lipinski definition) is 2. The highest BCUT2D eigenvalue weighted by Crippen LogP contribution is 2.21. The van der Waals surface area contributed by atoms with Crippen LogP contribution in [0.25, 0.3) is 12.2 Å². The topological polar surface area (TPSA) is 58.2 Å². The normalized spacial score (nSPS) is 11.0. The molecule has 0 aliphatic carbocycles. The van der Waals surface area contributed by atoms with E-state index in [1.807, 2.05) is 48.5 Å². The van der Waals surface area contributed by atoms with E-state index in [1.165, 1.54) is 12.2 Å². The third kappa shape index (κ3) is 6.83. The summed E-state index contributed by atoms with van der Waals surface area (Å²) in [5, 5.41) is 5.60. The van der Waals surface area contributed by atoms with Crippen LogP contribution in [0.3, 0.4) is 0 Å². The third-order valence-electron chi connectivity index (χ3n) is 4.04. The predicted octanol–water partition coefficient (Wildman–Crippen LogP) is 6.52. The molecule has 4 nitrogen and oxygen atoms in total. The lowest BCUT2D eigenvalue weighted by Gasteiger charge is -2.10. The predicted molar refractivity (Wildman–Crippen MR) is 130 cm³/mol. The Morgan fingerprint density at radius 1 is 0.600 bits per heavy atom. The first-order valence-corrected chi connectivity index (χ1v) is 10.7. The smallest absolute Gasteiger partial charge is 0.248 e. The Morgan fingerprint density at radius 2 is 0.967 bits per heavy atom. The summed E-state index contributed by atoms with van der Waals surface area (Å²) in [4.78, 5) is 24.6. The Kier molecular flexibility index (Phi) is 7.76. The molecule has 0 fully saturated rings. The van der Waals surface area contributed by atoms with Crippen molar-refractivity contribution < 1.29 is 9.59 Å². The van der Waals surface area contributed by atoms with E-state index >= 15 is 0 Å². The number of benzene rings is 3. The zero-order valence-electron chi connectivity index (χ0n) is 15.8. The maximum absolute atomic E-state index is 12.3. The molecule has 0 radical (unpaired) electrons. The van der Waals surface area contributed by atoms with Gasteiger partial charge < -0.3 is 10.6 Å². The second-order valence-electron chi connectivity index (χ2n) is 6.29. The van der Waals surface area contributed by atoms with Crippen molar-refractivity contribution in [3.8, 4) is 0 Å². The van der Waals surface area contributed by atoms with Crippen molar-refractivity contribution in [2.45, 2.75) is 0 Å². The van der Waals surface area contributed by atoms with Crippen LogP contribution < -0.4 is 10.6 Å². The van der Waals surface area contributed by atoms with Gasteiger partial charge in [0.2, 0.25) is 11.8 Å². The summed E-state index contributed by atoms with van der Waals surface area (Å²) in [5.74, 6) is -0.574. The van der Waals surface area contributed by atoms with Crippen molar-refractivity contribution >= 4 is 67.2 Å². The molecule has 2 N–H and O–H groups in total. The minimum Gasteiger partial charge on any atom is -0.321 e. The number of anilines is 2. The lowest BCUT2D eigenvalue weighted by atomic mass is 10.2. The highest BCUT2D eigenvalue weighted by atomic mass is 79.9. The number of hydrogen-bond donors (Lipinski definition) is 2. The van der Waals surface area contributed by atoms with Gasteiger partial charge in [0.05, 0.1) is 11.4 Å². The zero-order chi connectivity index (χ0) is 21.3. The first-order valence-electron chi connectivity index (χ1n) is 9.08. The second kappa shape index (κ2) is 10.7. The minimum atomic E-state index is -0.287. The van der Waals surface area contributed by atoms with Crippen LogP contribution in [0.4, 0.5) is 11.4 Å². The summed E-state index contributed by atoms with van der Waals surface area (Å²) in [6.45, 7) is 0. The standard InChI is InChI=1S/C24H18Br2N2O2/c25-19-11-5-17(6-12-19)9-15-23(29)27-21-3-1-2-4-22(21)28-24(30)16-10-18-7-13-20(26)14-8-18/h1-16H,(H,27,29)(H,28,30)/b15-9+,16-10+. The summed E-state index contributed by atoms with van der Waals surface area (Å²) < 4.78 is 1.95. The van der Waals surface area contributed by atoms with Crippen molar-refractivity contribution in [2.75, 3.05) is 10.6 Å². The summed E-state index contributed by atoms with van der Waals surface area (Å²) in [5.41, 5.74) is 2.86. The molecule has 0 bridgehead atoms. The van der Waals surface area contributed by atoms with Crippen LogP contribution in [0.1, 0.15) is 11.1 Å². The first kappa shape index (κ1) is 21.7. The Balaban J connectivity index is 1.63. The number of carbonyl (C=O) groups is 2. The van der Waals surface area contributed by atoms with Crippen LogP contribution in [-0.4, -0.2) is 11.8 Å². The number of amides is 2. The van der Waals surface area contributed by atoms with Crippen molar-refractivity contribution in [3.63, 3.8) is 0 Å². The molecular weight excluding hydrogens is 508 g/mol. The largest absolute Gasteiger partial charge is 0.321 e. The van der Waals surface area contributed by atoms with E-state index in [0.29, 0.717) is 11.4 Å². The molecule has 0 aliphatic heterocycles. The molecule has 0 aliphatic rings. The zero-order valence-corrected chi connectivity index (χ0v) is 19.0. The number of carbonyl (C=O) groups excluding carboxylic acids is 2. The molecule has 0 unspecified atom stereocenters. The highest BCUT2D eigenvalue weighted by Gasteiger charge is 2.06. The first-order chi connectivity index (χ1) is 14.5. The number of para-hydroxylation sites is 2. The van der Waals surface area contributed by atoms with Crippen LogP contribution in [-0.2, 0) is 9.59 Å². The van der Waals surface area contributed by atoms with Crippen molar-refractivity contribution in [1.29, 1.82) is 0 Å². The van der Waals surface area contributed by atoms with Gasteiger partial charge in [0.15, 0.2) is 0 Å². The van der Waals surface area contributed by atoms with Gasteiger partial charge in [-0.15, -0.1) is 0 Å². The van der Waals surface area contributed by atoms with Gasteiger partial charge in [-0.3, -0.25) is 9.59 Å². The Bertz CT molecular complexity index is 1000. The summed E-state index contributed by atoms with van der Waals surface area (Å²) in [6, 6.07) is 22.3. The maximum atomic E-state index is 12.3. The fourth-order valence-corrected chi connectivity index (χ4v) is 3.07. The summed E-state index contributed by atoms with van der Waals surface area (Å²) >= 11 is 6.76. The van der Waals surface area contributed by atoms with E-state index in [0.717, 1.165) is 20.1 Å². The van der Waals surface area contributed by atoms with E-state index in [4.69, 9.17) is 0 Å². The quantitative estimate of drug-likeness (QED) is 0.360. The number of rotatable bonds is 6. The maximum Gasteiger partial charge on any atom is 0.248 e. The number of halogens is 2. The van der Waals surface area contributed by atoms with E-state index in [1.54, 1.807) is 36.4 Å².